The quantitative estimate of drug-likeness (QED) is 0.195. The first kappa shape index (κ1) is 32.7. The van der Waals surface area contributed by atoms with Crippen LogP contribution in [0.2, 0.25) is 0 Å². The second-order valence-electron chi connectivity index (χ2n) is 8.04. The van der Waals surface area contributed by atoms with Crippen molar-refractivity contribution in [2.24, 2.45) is 5.73 Å². The zero-order valence-electron chi connectivity index (χ0n) is 21.0. The second-order valence-corrected chi connectivity index (χ2v) is 9.75. The maximum Gasteiger partial charge on any atom is 0.490 e. The van der Waals surface area contributed by atoms with Gasteiger partial charge in [0.1, 0.15) is 17.4 Å². The fraction of sp³-hybridized carbons (Fsp3) is 0.250. The van der Waals surface area contributed by atoms with E-state index < -0.39 is 52.2 Å². The van der Waals surface area contributed by atoms with Crippen LogP contribution >= 0.6 is 0 Å². The SMILES string of the molecule is NCCCOc1ccc2ccc(C(=O)NC[C@H](NS(=O)(=O)c3ccccc3)C(=O)O)c(=O)n2c1.O=C(O)C(F)(F)F. The fourth-order valence-electron chi connectivity index (χ4n) is 3.03. The predicted octanol–water partition coefficient (Wildman–Crippen LogP) is 0.822. The Labute approximate surface area is 230 Å². The average Bonchev–Trinajstić information content (AvgIpc) is 2.91. The van der Waals surface area contributed by atoms with Crippen LogP contribution in [0.5, 0.6) is 5.75 Å². The number of pyridine rings is 2. The van der Waals surface area contributed by atoms with Crippen molar-refractivity contribution in [3.63, 3.8) is 0 Å². The number of hydrogen-bond donors (Lipinski definition) is 5. The third-order valence-electron chi connectivity index (χ3n) is 5.04. The molecule has 17 heteroatoms. The Bertz CT molecular complexity index is 1550. The van der Waals surface area contributed by atoms with E-state index in [1.54, 1.807) is 24.3 Å². The number of carboxylic acid groups (broad SMARTS) is 2. The van der Waals surface area contributed by atoms with Crippen molar-refractivity contribution < 1.29 is 50.9 Å². The minimum atomic E-state index is -5.08. The van der Waals surface area contributed by atoms with E-state index in [9.17, 15) is 41.1 Å². The van der Waals surface area contributed by atoms with Gasteiger partial charge in [0.2, 0.25) is 10.0 Å². The van der Waals surface area contributed by atoms with Crippen LogP contribution < -0.4 is 26.1 Å². The highest BCUT2D eigenvalue weighted by Crippen LogP contribution is 2.14. The van der Waals surface area contributed by atoms with Crippen molar-refractivity contribution >= 4 is 33.4 Å². The molecule has 222 valence electrons. The fourth-order valence-corrected chi connectivity index (χ4v) is 4.24. The Balaban J connectivity index is 0.000000745. The Kier molecular flexibility index (Phi) is 11.4. The number of ether oxygens (including phenoxy) is 1. The summed E-state index contributed by atoms with van der Waals surface area (Å²) in [4.78, 5) is 45.8. The molecule has 0 unspecified atom stereocenters. The van der Waals surface area contributed by atoms with Crippen molar-refractivity contribution in [1.29, 1.82) is 0 Å². The van der Waals surface area contributed by atoms with Crippen LogP contribution in [0.15, 0.2) is 70.5 Å². The number of hydrogen-bond acceptors (Lipinski definition) is 8. The van der Waals surface area contributed by atoms with Gasteiger partial charge in [-0.2, -0.15) is 17.9 Å². The Morgan fingerprint density at radius 1 is 1.02 bits per heavy atom. The molecule has 0 aliphatic rings. The number of sulfonamides is 1. The summed E-state index contributed by atoms with van der Waals surface area (Å²) in [7, 11) is -4.14. The number of carboxylic acids is 2. The van der Waals surface area contributed by atoms with E-state index in [1.807, 2.05) is 4.72 Å². The van der Waals surface area contributed by atoms with E-state index >= 15 is 0 Å². The van der Waals surface area contributed by atoms with Crippen molar-refractivity contribution in [1.82, 2.24) is 14.4 Å². The van der Waals surface area contributed by atoms with Crippen molar-refractivity contribution in [3.05, 3.63) is 76.7 Å². The molecule has 2 aromatic heterocycles. The summed E-state index contributed by atoms with van der Waals surface area (Å²) in [5, 5.41) is 18.9. The molecule has 0 aliphatic carbocycles. The van der Waals surface area contributed by atoms with Crippen LogP contribution in [-0.4, -0.2) is 72.8 Å². The summed E-state index contributed by atoms with van der Waals surface area (Å²) in [6, 6.07) is 11.8. The zero-order chi connectivity index (χ0) is 30.8. The Morgan fingerprint density at radius 3 is 2.20 bits per heavy atom. The highest BCUT2D eigenvalue weighted by Gasteiger charge is 2.38. The first-order valence-corrected chi connectivity index (χ1v) is 13.0. The van der Waals surface area contributed by atoms with E-state index in [4.69, 9.17) is 20.4 Å². The molecule has 1 amide bonds. The summed E-state index contributed by atoms with van der Waals surface area (Å²) in [6.45, 7) is 0.244. The van der Waals surface area contributed by atoms with Crippen LogP contribution in [0, 0.1) is 0 Å². The number of benzene rings is 1. The highest BCUT2D eigenvalue weighted by atomic mass is 32.2. The summed E-state index contributed by atoms with van der Waals surface area (Å²) < 4.78 is 65.4. The normalized spacial score (nSPS) is 12.1. The number of carbonyl (C=O) groups is 3. The molecule has 0 spiro atoms. The van der Waals surface area contributed by atoms with Gasteiger partial charge in [-0.05, 0) is 49.4 Å². The molecule has 3 aromatic rings. The van der Waals surface area contributed by atoms with Gasteiger partial charge < -0.3 is 26.0 Å². The first-order valence-electron chi connectivity index (χ1n) is 11.5. The molecule has 3 rings (SSSR count). The number of carbonyl (C=O) groups excluding carboxylic acids is 1. The predicted molar refractivity (Wildman–Crippen MR) is 137 cm³/mol. The molecule has 41 heavy (non-hydrogen) atoms. The second kappa shape index (κ2) is 14.2. The molecular weight excluding hydrogens is 577 g/mol. The van der Waals surface area contributed by atoms with Gasteiger partial charge in [-0.3, -0.25) is 18.8 Å². The van der Waals surface area contributed by atoms with E-state index in [1.165, 1.54) is 40.9 Å². The van der Waals surface area contributed by atoms with E-state index in [0.29, 0.717) is 30.8 Å². The third-order valence-corrected chi connectivity index (χ3v) is 6.53. The first-order chi connectivity index (χ1) is 19.2. The van der Waals surface area contributed by atoms with Gasteiger partial charge in [-0.15, -0.1) is 0 Å². The zero-order valence-corrected chi connectivity index (χ0v) is 21.8. The Hall–Kier alpha value is -4.48. The lowest BCUT2D eigenvalue weighted by Gasteiger charge is -2.16. The number of amides is 1. The molecule has 2 heterocycles. The van der Waals surface area contributed by atoms with Crippen molar-refractivity contribution in [2.75, 3.05) is 19.7 Å². The largest absolute Gasteiger partial charge is 0.492 e. The molecule has 0 saturated carbocycles. The summed E-state index contributed by atoms with van der Waals surface area (Å²) in [6.07, 6.45) is -3.01. The number of nitrogens with one attached hydrogen (secondary N) is 2. The van der Waals surface area contributed by atoms with Gasteiger partial charge in [0.05, 0.1) is 17.7 Å². The molecule has 0 aliphatic heterocycles. The number of halogens is 3. The molecular formula is C24H25F3N4O9S. The monoisotopic (exact) mass is 602 g/mol. The lowest BCUT2D eigenvalue weighted by Crippen LogP contribution is -2.48. The molecule has 13 nitrogen and oxygen atoms in total. The van der Waals surface area contributed by atoms with Crippen LogP contribution in [-0.2, 0) is 19.6 Å². The number of nitrogens with two attached hydrogens (primary N) is 1. The van der Waals surface area contributed by atoms with Gasteiger partial charge in [-0.1, -0.05) is 18.2 Å². The molecule has 0 fully saturated rings. The molecule has 0 radical (unpaired) electrons. The van der Waals surface area contributed by atoms with Crippen LogP contribution in [0.1, 0.15) is 16.8 Å². The van der Waals surface area contributed by atoms with E-state index in [2.05, 4.69) is 5.32 Å². The summed E-state index contributed by atoms with van der Waals surface area (Å²) >= 11 is 0. The van der Waals surface area contributed by atoms with Crippen LogP contribution in [0.25, 0.3) is 5.52 Å². The smallest absolute Gasteiger partial charge is 0.490 e. The van der Waals surface area contributed by atoms with Gasteiger partial charge in [-0.25, -0.2) is 13.2 Å². The number of nitrogens with zero attached hydrogens (tertiary/aromatic N) is 1. The molecule has 6 N–H and O–H groups in total. The minimum absolute atomic E-state index is 0.121. The summed E-state index contributed by atoms with van der Waals surface area (Å²) in [5.41, 5.74) is 5.07. The topological polar surface area (TPSA) is 207 Å². The number of fused-ring (bicyclic) bond motifs is 1. The molecule has 0 bridgehead atoms. The van der Waals surface area contributed by atoms with Crippen molar-refractivity contribution in [2.45, 2.75) is 23.5 Å². The van der Waals surface area contributed by atoms with Gasteiger partial charge >= 0.3 is 18.1 Å². The number of alkyl halides is 3. The molecule has 1 atom stereocenters. The number of rotatable bonds is 11. The minimum Gasteiger partial charge on any atom is -0.492 e. The van der Waals surface area contributed by atoms with Gasteiger partial charge in [0.15, 0.2) is 0 Å². The molecule has 0 saturated heterocycles. The van der Waals surface area contributed by atoms with Gasteiger partial charge in [0.25, 0.3) is 11.5 Å². The van der Waals surface area contributed by atoms with Gasteiger partial charge in [0, 0.05) is 12.1 Å². The van der Waals surface area contributed by atoms with E-state index in [0.717, 1.165) is 0 Å². The average molecular weight is 603 g/mol. The maximum absolute atomic E-state index is 12.8. The molecule has 1 aromatic carbocycles. The van der Waals surface area contributed by atoms with Crippen LogP contribution in [0.4, 0.5) is 13.2 Å². The standard InChI is InChI=1S/C22H24N4O7S.C2HF3O2/c23-11-4-12-33-16-9-7-15-8-10-18(21(28)26(15)14-16)20(27)24-13-19(22(29)30)25-34(31,32)17-5-2-1-3-6-17;3-2(4,5)1(6)7/h1-3,5-10,14,19,25H,4,11-13,23H2,(H,24,27)(H,29,30);(H,6,7)/t19-;/m0./s1. The van der Waals surface area contributed by atoms with Crippen molar-refractivity contribution in [3.8, 4) is 5.75 Å². The van der Waals surface area contributed by atoms with Crippen LogP contribution in [0.3, 0.4) is 0 Å². The lowest BCUT2D eigenvalue weighted by molar-refractivity contribution is -0.192. The summed E-state index contributed by atoms with van der Waals surface area (Å²) in [5.74, 6) is -4.68. The Morgan fingerprint density at radius 2 is 1.63 bits per heavy atom. The van der Waals surface area contributed by atoms with E-state index in [-0.39, 0.29) is 10.5 Å². The number of aliphatic carboxylic acids is 2. The maximum atomic E-state index is 12.8. The third kappa shape index (κ3) is 9.59. The lowest BCUT2D eigenvalue weighted by atomic mass is 10.2. The highest BCUT2D eigenvalue weighted by molar-refractivity contribution is 7.89. The number of aromatic nitrogens is 1.